The molecule has 0 saturated carbocycles. The minimum absolute atomic E-state index is 0.175. The number of aryl methyl sites for hydroxylation is 1. The first-order valence-corrected chi connectivity index (χ1v) is 6.90. The van der Waals surface area contributed by atoms with Crippen molar-refractivity contribution in [2.75, 3.05) is 7.11 Å². The topological polar surface area (TPSA) is 78.0 Å². The molecule has 0 aliphatic heterocycles. The molecule has 6 nitrogen and oxygen atoms in total. The quantitative estimate of drug-likeness (QED) is 0.645. The van der Waals surface area contributed by atoms with E-state index in [-0.39, 0.29) is 12.1 Å². The average Bonchev–Trinajstić information content (AvgIpc) is 2.97. The predicted molar refractivity (Wildman–Crippen MR) is 75.2 cm³/mol. The first-order valence-electron chi connectivity index (χ1n) is 6.08. The van der Waals surface area contributed by atoms with Gasteiger partial charge < -0.3 is 4.74 Å². The van der Waals surface area contributed by atoms with Crippen LogP contribution in [0.4, 0.5) is 0 Å². The van der Waals surface area contributed by atoms with Crippen LogP contribution in [0.5, 0.6) is 5.75 Å². The standard InChI is InChI=1S/C12H19N5OS/c1-7(2)17-12(9(18-4)5-15-17)11(16-13)10-6-14-8(3)19-10/h5-7,11,16H,13H2,1-4H3. The molecule has 2 aromatic heterocycles. The molecule has 0 radical (unpaired) electrons. The molecule has 0 bridgehead atoms. The van der Waals surface area contributed by atoms with Gasteiger partial charge in [-0.2, -0.15) is 5.10 Å². The van der Waals surface area contributed by atoms with Crippen molar-refractivity contribution >= 4 is 11.3 Å². The SMILES string of the molecule is COc1cnn(C(C)C)c1C(NN)c1cnc(C)s1. The van der Waals surface area contributed by atoms with Gasteiger partial charge in [0, 0.05) is 17.1 Å². The molecule has 0 amide bonds. The van der Waals surface area contributed by atoms with Crippen LogP contribution in [0.2, 0.25) is 0 Å². The smallest absolute Gasteiger partial charge is 0.162 e. The van der Waals surface area contributed by atoms with E-state index >= 15 is 0 Å². The van der Waals surface area contributed by atoms with Crippen molar-refractivity contribution in [2.24, 2.45) is 5.84 Å². The van der Waals surface area contributed by atoms with Crippen molar-refractivity contribution in [1.82, 2.24) is 20.2 Å². The zero-order chi connectivity index (χ0) is 14.0. The molecule has 0 aromatic carbocycles. The highest BCUT2D eigenvalue weighted by atomic mass is 32.1. The van der Waals surface area contributed by atoms with E-state index in [0.29, 0.717) is 0 Å². The maximum Gasteiger partial charge on any atom is 0.162 e. The molecule has 19 heavy (non-hydrogen) atoms. The second kappa shape index (κ2) is 5.68. The fraction of sp³-hybridized carbons (Fsp3) is 0.500. The molecule has 0 fully saturated rings. The number of rotatable bonds is 5. The van der Waals surface area contributed by atoms with Gasteiger partial charge in [0.1, 0.15) is 11.7 Å². The van der Waals surface area contributed by atoms with Crippen molar-refractivity contribution in [3.63, 3.8) is 0 Å². The Morgan fingerprint density at radius 1 is 1.42 bits per heavy atom. The van der Waals surface area contributed by atoms with Crippen LogP contribution in [0.25, 0.3) is 0 Å². The number of methoxy groups -OCH3 is 1. The van der Waals surface area contributed by atoms with E-state index in [2.05, 4.69) is 29.4 Å². The first kappa shape index (κ1) is 14.0. The summed E-state index contributed by atoms with van der Waals surface area (Å²) < 4.78 is 7.31. The maximum atomic E-state index is 5.73. The number of nitrogens with two attached hydrogens (primary N) is 1. The van der Waals surface area contributed by atoms with Crippen molar-refractivity contribution < 1.29 is 4.74 Å². The lowest BCUT2D eigenvalue weighted by molar-refractivity contribution is 0.394. The number of thiazole rings is 1. The van der Waals surface area contributed by atoms with Gasteiger partial charge >= 0.3 is 0 Å². The van der Waals surface area contributed by atoms with E-state index in [1.807, 2.05) is 17.8 Å². The van der Waals surface area contributed by atoms with Crippen LogP contribution in [-0.2, 0) is 0 Å². The van der Waals surface area contributed by atoms with Crippen LogP contribution in [-0.4, -0.2) is 21.9 Å². The molecule has 2 rings (SSSR count). The fourth-order valence-corrected chi connectivity index (χ4v) is 2.86. The molecule has 0 aliphatic rings. The van der Waals surface area contributed by atoms with Gasteiger partial charge in [-0.05, 0) is 20.8 Å². The molecule has 0 spiro atoms. The number of hydrogen-bond acceptors (Lipinski definition) is 6. The average molecular weight is 281 g/mol. The van der Waals surface area contributed by atoms with Crippen LogP contribution in [0.3, 0.4) is 0 Å². The third-order valence-electron chi connectivity index (χ3n) is 2.87. The summed E-state index contributed by atoms with van der Waals surface area (Å²) in [6, 6.07) is 0.0508. The Bertz CT molecular complexity index is 548. The highest BCUT2D eigenvalue weighted by Crippen LogP contribution is 2.33. The number of nitrogens with one attached hydrogen (secondary N) is 1. The Labute approximate surface area is 116 Å². The summed E-state index contributed by atoms with van der Waals surface area (Å²) in [5.41, 5.74) is 3.75. The molecule has 104 valence electrons. The normalized spacial score (nSPS) is 12.9. The number of hydrazine groups is 1. The molecule has 1 unspecified atom stereocenters. The van der Waals surface area contributed by atoms with Crippen LogP contribution >= 0.6 is 11.3 Å². The molecule has 0 aliphatic carbocycles. The van der Waals surface area contributed by atoms with E-state index in [9.17, 15) is 0 Å². The molecule has 3 N–H and O–H groups in total. The van der Waals surface area contributed by atoms with Gasteiger partial charge in [0.15, 0.2) is 5.75 Å². The summed E-state index contributed by atoms with van der Waals surface area (Å²) in [5, 5.41) is 5.37. The summed E-state index contributed by atoms with van der Waals surface area (Å²) >= 11 is 1.61. The summed E-state index contributed by atoms with van der Waals surface area (Å²) in [7, 11) is 1.64. The van der Waals surface area contributed by atoms with Gasteiger partial charge in [-0.3, -0.25) is 10.5 Å². The number of aromatic nitrogens is 3. The van der Waals surface area contributed by atoms with Crippen molar-refractivity contribution in [3.05, 3.63) is 28.0 Å². The van der Waals surface area contributed by atoms with Gasteiger partial charge in [0.25, 0.3) is 0 Å². The van der Waals surface area contributed by atoms with E-state index in [4.69, 9.17) is 10.6 Å². The summed E-state index contributed by atoms with van der Waals surface area (Å²) in [6.07, 6.45) is 3.55. The van der Waals surface area contributed by atoms with Gasteiger partial charge in [0.05, 0.1) is 18.3 Å². The van der Waals surface area contributed by atoms with Crippen molar-refractivity contribution in [2.45, 2.75) is 32.9 Å². The van der Waals surface area contributed by atoms with Crippen LogP contribution in [0, 0.1) is 6.92 Å². The van der Waals surface area contributed by atoms with Crippen LogP contribution in [0.15, 0.2) is 12.4 Å². The van der Waals surface area contributed by atoms with Gasteiger partial charge in [-0.15, -0.1) is 11.3 Å². The van der Waals surface area contributed by atoms with E-state index in [1.165, 1.54) is 0 Å². The Morgan fingerprint density at radius 3 is 2.63 bits per heavy atom. The monoisotopic (exact) mass is 281 g/mol. The lowest BCUT2D eigenvalue weighted by atomic mass is 10.1. The zero-order valence-corrected chi connectivity index (χ0v) is 12.4. The van der Waals surface area contributed by atoms with Crippen LogP contribution in [0.1, 0.15) is 41.5 Å². The molecule has 2 aromatic rings. The Morgan fingerprint density at radius 2 is 2.16 bits per heavy atom. The number of ether oxygens (including phenoxy) is 1. The second-order valence-corrected chi connectivity index (χ2v) is 5.78. The van der Waals surface area contributed by atoms with E-state index < -0.39 is 0 Å². The molecular formula is C12H19N5OS. The second-order valence-electron chi connectivity index (χ2n) is 4.52. The van der Waals surface area contributed by atoms with Crippen molar-refractivity contribution in [1.29, 1.82) is 0 Å². The number of nitrogens with zero attached hydrogens (tertiary/aromatic N) is 3. The Hall–Kier alpha value is -1.44. The zero-order valence-electron chi connectivity index (χ0n) is 11.5. The van der Waals surface area contributed by atoms with Gasteiger partial charge in [-0.25, -0.2) is 10.4 Å². The van der Waals surface area contributed by atoms with E-state index in [0.717, 1.165) is 21.3 Å². The van der Waals surface area contributed by atoms with Gasteiger partial charge in [-0.1, -0.05) is 0 Å². The predicted octanol–water partition coefficient (Wildman–Crippen LogP) is 1.79. The minimum atomic E-state index is -0.175. The molecule has 2 heterocycles. The summed E-state index contributed by atoms with van der Waals surface area (Å²) in [6.45, 7) is 6.11. The first-order chi connectivity index (χ1) is 9.08. The summed E-state index contributed by atoms with van der Waals surface area (Å²) in [4.78, 5) is 5.32. The van der Waals surface area contributed by atoms with E-state index in [1.54, 1.807) is 24.6 Å². The molecular weight excluding hydrogens is 262 g/mol. The molecule has 0 saturated heterocycles. The Balaban J connectivity index is 2.50. The van der Waals surface area contributed by atoms with Crippen LogP contribution < -0.4 is 16.0 Å². The lowest BCUT2D eigenvalue weighted by Gasteiger charge is -2.19. The highest BCUT2D eigenvalue weighted by molar-refractivity contribution is 7.11. The van der Waals surface area contributed by atoms with Crippen molar-refractivity contribution in [3.8, 4) is 5.75 Å². The number of hydrogen-bond donors (Lipinski definition) is 2. The van der Waals surface area contributed by atoms with Gasteiger partial charge in [0.2, 0.25) is 0 Å². The molecule has 7 heteroatoms. The lowest BCUT2D eigenvalue weighted by Crippen LogP contribution is -2.30. The third kappa shape index (κ3) is 2.63. The minimum Gasteiger partial charge on any atom is -0.493 e. The largest absolute Gasteiger partial charge is 0.493 e. The summed E-state index contributed by atoms with van der Waals surface area (Å²) in [5.74, 6) is 6.45. The molecule has 1 atom stereocenters. The Kier molecular flexibility index (Phi) is 4.18. The fourth-order valence-electron chi connectivity index (χ4n) is 2.01. The maximum absolute atomic E-state index is 5.73. The highest BCUT2D eigenvalue weighted by Gasteiger charge is 2.25. The third-order valence-corrected chi connectivity index (χ3v) is 3.85.